The quantitative estimate of drug-likeness (QED) is 0.685. The Labute approximate surface area is 91.1 Å². The van der Waals surface area contributed by atoms with Gasteiger partial charge in [0.1, 0.15) is 17.1 Å². The molecule has 0 bridgehead atoms. The van der Waals surface area contributed by atoms with Crippen LogP contribution in [0.25, 0.3) is 11.0 Å². The number of hydrogen-bond acceptors (Lipinski definition) is 5. The lowest BCUT2D eigenvalue weighted by Gasteiger charge is -2.15. The highest BCUT2D eigenvalue weighted by Crippen LogP contribution is 2.21. The van der Waals surface area contributed by atoms with Crippen molar-refractivity contribution in [1.29, 1.82) is 5.26 Å². The van der Waals surface area contributed by atoms with E-state index in [1.54, 1.807) is 24.3 Å². The molecule has 0 fully saturated rings. The number of nitriles is 1. The van der Waals surface area contributed by atoms with Gasteiger partial charge in [-0.2, -0.15) is 20.7 Å². The number of nitrogens with one attached hydrogen (secondary N) is 1. The number of aromatic amines is 1. The molecule has 1 aromatic carbocycles. The van der Waals surface area contributed by atoms with Crippen molar-refractivity contribution in [1.82, 2.24) is 15.4 Å². The summed E-state index contributed by atoms with van der Waals surface area (Å²) >= 11 is 0. The number of rotatable bonds is 3. The van der Waals surface area contributed by atoms with Crippen LogP contribution in [-0.2, 0) is 0 Å². The minimum Gasteiger partial charge on any atom is -0.389 e. The number of nitrogens with zero attached hydrogens (tertiary/aromatic N) is 3. The SMILES string of the molecule is N#CCC(O)C(O)c1ccc2n[nH]nc2c1. The van der Waals surface area contributed by atoms with Gasteiger partial charge in [0.15, 0.2) is 0 Å². The maximum atomic E-state index is 9.76. The largest absolute Gasteiger partial charge is 0.389 e. The maximum Gasteiger partial charge on any atom is 0.113 e. The average Bonchev–Trinajstić information content (AvgIpc) is 2.75. The van der Waals surface area contributed by atoms with Crippen LogP contribution in [0.15, 0.2) is 18.2 Å². The first-order valence-electron chi connectivity index (χ1n) is 4.76. The highest BCUT2D eigenvalue weighted by Gasteiger charge is 2.18. The van der Waals surface area contributed by atoms with Crippen LogP contribution in [0.3, 0.4) is 0 Å². The van der Waals surface area contributed by atoms with E-state index < -0.39 is 12.2 Å². The number of aromatic nitrogens is 3. The summed E-state index contributed by atoms with van der Waals surface area (Å²) in [4.78, 5) is 0. The Morgan fingerprint density at radius 3 is 2.81 bits per heavy atom. The minimum atomic E-state index is -1.09. The summed E-state index contributed by atoms with van der Waals surface area (Å²) in [5.74, 6) is 0. The molecule has 0 aliphatic rings. The second kappa shape index (κ2) is 4.26. The first kappa shape index (κ1) is 10.5. The topological polar surface area (TPSA) is 106 Å². The molecular formula is C10H10N4O2. The summed E-state index contributed by atoms with van der Waals surface area (Å²) in [6, 6.07) is 6.78. The molecule has 2 unspecified atom stereocenters. The van der Waals surface area contributed by atoms with E-state index in [0.717, 1.165) is 0 Å². The van der Waals surface area contributed by atoms with Crippen LogP contribution in [0.5, 0.6) is 0 Å². The normalized spacial score (nSPS) is 14.6. The summed E-state index contributed by atoms with van der Waals surface area (Å²) in [6.07, 6.45) is -2.28. The van der Waals surface area contributed by atoms with Crippen LogP contribution in [0, 0.1) is 11.3 Å². The summed E-state index contributed by atoms with van der Waals surface area (Å²) in [6.45, 7) is 0. The average molecular weight is 218 g/mol. The molecule has 3 N–H and O–H groups in total. The van der Waals surface area contributed by atoms with Crippen molar-refractivity contribution in [3.05, 3.63) is 23.8 Å². The molecule has 0 saturated carbocycles. The van der Waals surface area contributed by atoms with Gasteiger partial charge in [-0.05, 0) is 17.7 Å². The van der Waals surface area contributed by atoms with Crippen LogP contribution in [0.1, 0.15) is 18.1 Å². The second-order valence-corrected chi connectivity index (χ2v) is 3.45. The molecule has 16 heavy (non-hydrogen) atoms. The molecule has 0 aliphatic heterocycles. The highest BCUT2D eigenvalue weighted by molar-refractivity contribution is 5.74. The molecule has 0 saturated heterocycles. The predicted octanol–water partition coefficient (Wildman–Crippen LogP) is 0.266. The molecular weight excluding hydrogens is 208 g/mol. The van der Waals surface area contributed by atoms with Crippen LogP contribution in [-0.4, -0.2) is 31.7 Å². The molecule has 2 atom stereocenters. The zero-order valence-electron chi connectivity index (χ0n) is 8.33. The van der Waals surface area contributed by atoms with Gasteiger partial charge in [0.25, 0.3) is 0 Å². The van der Waals surface area contributed by atoms with Crippen LogP contribution >= 0.6 is 0 Å². The monoisotopic (exact) mass is 218 g/mol. The zero-order valence-corrected chi connectivity index (χ0v) is 8.33. The Morgan fingerprint density at radius 2 is 2.06 bits per heavy atom. The fourth-order valence-electron chi connectivity index (χ4n) is 1.47. The third kappa shape index (κ3) is 1.86. The number of hydrogen-bond donors (Lipinski definition) is 3. The molecule has 2 rings (SSSR count). The lowest BCUT2D eigenvalue weighted by atomic mass is 10.0. The van der Waals surface area contributed by atoms with Crippen molar-refractivity contribution >= 4 is 11.0 Å². The van der Waals surface area contributed by atoms with Crippen molar-refractivity contribution in [2.45, 2.75) is 18.6 Å². The van der Waals surface area contributed by atoms with Gasteiger partial charge >= 0.3 is 0 Å². The Hall–Kier alpha value is -1.97. The minimum absolute atomic E-state index is 0.113. The van der Waals surface area contributed by atoms with Gasteiger partial charge in [-0.25, -0.2) is 0 Å². The van der Waals surface area contributed by atoms with Crippen molar-refractivity contribution in [2.75, 3.05) is 0 Å². The van der Waals surface area contributed by atoms with E-state index in [9.17, 15) is 10.2 Å². The maximum absolute atomic E-state index is 9.76. The third-order valence-electron chi connectivity index (χ3n) is 2.35. The Balaban J connectivity index is 2.29. The Kier molecular flexibility index (Phi) is 2.81. The number of benzene rings is 1. The molecule has 2 aromatic rings. The number of H-pyrrole nitrogens is 1. The Morgan fingerprint density at radius 1 is 1.31 bits per heavy atom. The molecule has 1 heterocycles. The van der Waals surface area contributed by atoms with Gasteiger partial charge in [-0.3, -0.25) is 0 Å². The molecule has 82 valence electrons. The van der Waals surface area contributed by atoms with E-state index in [1.807, 2.05) is 0 Å². The van der Waals surface area contributed by atoms with E-state index in [2.05, 4.69) is 15.4 Å². The summed E-state index contributed by atoms with van der Waals surface area (Å²) in [7, 11) is 0. The Bertz CT molecular complexity index is 531. The van der Waals surface area contributed by atoms with Gasteiger partial charge in [0.2, 0.25) is 0 Å². The number of fused-ring (bicyclic) bond motifs is 1. The summed E-state index contributed by atoms with van der Waals surface area (Å²) in [5.41, 5.74) is 1.82. The van der Waals surface area contributed by atoms with E-state index in [0.29, 0.717) is 16.6 Å². The smallest absolute Gasteiger partial charge is 0.113 e. The predicted molar refractivity (Wildman–Crippen MR) is 55.1 cm³/mol. The van der Waals surface area contributed by atoms with Crippen molar-refractivity contribution in [3.63, 3.8) is 0 Å². The summed E-state index contributed by atoms with van der Waals surface area (Å²) in [5, 5.41) is 37.9. The van der Waals surface area contributed by atoms with Crippen LogP contribution in [0.4, 0.5) is 0 Å². The van der Waals surface area contributed by atoms with Crippen LogP contribution in [0.2, 0.25) is 0 Å². The molecule has 0 aliphatic carbocycles. The fourth-order valence-corrected chi connectivity index (χ4v) is 1.47. The van der Waals surface area contributed by atoms with Crippen molar-refractivity contribution in [2.24, 2.45) is 0 Å². The molecule has 0 spiro atoms. The molecule has 0 amide bonds. The van der Waals surface area contributed by atoms with Gasteiger partial charge in [0.05, 0.1) is 18.6 Å². The molecule has 6 nitrogen and oxygen atoms in total. The van der Waals surface area contributed by atoms with Crippen LogP contribution < -0.4 is 0 Å². The number of aliphatic hydroxyl groups excluding tert-OH is 2. The van der Waals surface area contributed by atoms with E-state index in [-0.39, 0.29) is 6.42 Å². The van der Waals surface area contributed by atoms with E-state index in [1.165, 1.54) is 0 Å². The first-order valence-corrected chi connectivity index (χ1v) is 4.76. The number of aliphatic hydroxyl groups is 2. The molecule has 0 radical (unpaired) electrons. The zero-order chi connectivity index (χ0) is 11.5. The summed E-state index contributed by atoms with van der Waals surface area (Å²) < 4.78 is 0. The molecule has 6 heteroatoms. The first-order chi connectivity index (χ1) is 7.72. The molecule has 1 aromatic heterocycles. The van der Waals surface area contributed by atoms with E-state index >= 15 is 0 Å². The highest BCUT2D eigenvalue weighted by atomic mass is 16.3. The van der Waals surface area contributed by atoms with Gasteiger partial charge < -0.3 is 10.2 Å². The standard InChI is InChI=1S/C10H10N4O2/c11-4-3-9(15)10(16)6-1-2-7-8(5-6)13-14-12-7/h1-2,5,9-10,15-16H,3H2,(H,12,13,14). The van der Waals surface area contributed by atoms with Gasteiger partial charge in [0, 0.05) is 0 Å². The fraction of sp³-hybridized carbons (Fsp3) is 0.300. The second-order valence-electron chi connectivity index (χ2n) is 3.45. The van der Waals surface area contributed by atoms with Crippen molar-refractivity contribution < 1.29 is 10.2 Å². The third-order valence-corrected chi connectivity index (χ3v) is 2.35. The van der Waals surface area contributed by atoms with E-state index in [4.69, 9.17) is 5.26 Å². The lowest BCUT2D eigenvalue weighted by Crippen LogP contribution is -2.17. The lowest BCUT2D eigenvalue weighted by molar-refractivity contribution is 0.0217. The van der Waals surface area contributed by atoms with Gasteiger partial charge in [-0.15, -0.1) is 0 Å². The van der Waals surface area contributed by atoms with Crippen molar-refractivity contribution in [3.8, 4) is 6.07 Å². The van der Waals surface area contributed by atoms with Gasteiger partial charge in [-0.1, -0.05) is 6.07 Å².